The van der Waals surface area contributed by atoms with Crippen molar-refractivity contribution in [2.75, 3.05) is 0 Å². The van der Waals surface area contributed by atoms with E-state index < -0.39 is 12.3 Å². The van der Waals surface area contributed by atoms with Crippen molar-refractivity contribution >= 4 is 11.8 Å². The number of amides is 2. The zero-order valence-corrected chi connectivity index (χ0v) is 30.2. The van der Waals surface area contributed by atoms with Crippen LogP contribution in [0.15, 0.2) is 24.3 Å². The number of carbonyl (C=O) groups is 2. The molecule has 1 atom stereocenters. The summed E-state index contributed by atoms with van der Waals surface area (Å²) < 4.78 is 0. The number of nitrogens with one attached hydrogen (secondary N) is 2. The molecule has 2 amide bonds. The molecule has 5 heteroatoms. The number of aliphatic hydroxyl groups excluding tert-OH is 1. The van der Waals surface area contributed by atoms with E-state index in [2.05, 4.69) is 48.8 Å². The average molecular weight is 633 g/mol. The van der Waals surface area contributed by atoms with Crippen LogP contribution in [-0.4, -0.2) is 29.2 Å². The number of hydrogen-bond acceptors (Lipinski definition) is 3. The Kier molecular flexibility index (Phi) is 34.0. The topological polar surface area (TPSA) is 78.4 Å². The molecule has 0 aliphatic heterocycles. The number of allylic oxidation sites excluding steroid dienone is 4. The fraction of sp³-hybridized carbons (Fsp3) is 0.850. The van der Waals surface area contributed by atoms with Gasteiger partial charge in [0.1, 0.15) is 6.17 Å². The molecule has 3 N–H and O–H groups in total. The number of carbonyl (C=O) groups excluding carboxylic acids is 2. The predicted molar refractivity (Wildman–Crippen MR) is 195 cm³/mol. The van der Waals surface area contributed by atoms with Gasteiger partial charge in [0.15, 0.2) is 0 Å². The van der Waals surface area contributed by atoms with Crippen molar-refractivity contribution in [3.05, 3.63) is 24.3 Å². The molecule has 264 valence electrons. The summed E-state index contributed by atoms with van der Waals surface area (Å²) >= 11 is 0. The van der Waals surface area contributed by atoms with E-state index in [1.54, 1.807) is 6.92 Å². The minimum atomic E-state index is -0.588. The molecule has 0 aromatic heterocycles. The maximum absolute atomic E-state index is 12.5. The SMILES string of the molecule is CCCCCCCC/C=C\CCCCCCCC(=O)NC(CC(C)O)NC(=O)CCCCCCC/C=C\CCCCCCCC. The van der Waals surface area contributed by atoms with E-state index in [9.17, 15) is 14.7 Å². The van der Waals surface area contributed by atoms with E-state index in [0.717, 1.165) is 51.4 Å². The Hall–Kier alpha value is -1.62. The zero-order chi connectivity index (χ0) is 33.1. The molecule has 45 heavy (non-hydrogen) atoms. The highest BCUT2D eigenvalue weighted by Gasteiger charge is 2.17. The lowest BCUT2D eigenvalue weighted by Crippen LogP contribution is -2.49. The highest BCUT2D eigenvalue weighted by atomic mass is 16.3. The summed E-state index contributed by atoms with van der Waals surface area (Å²) in [5.74, 6) is -0.0841. The van der Waals surface area contributed by atoms with Gasteiger partial charge in [-0.15, -0.1) is 0 Å². The van der Waals surface area contributed by atoms with Gasteiger partial charge in [0.2, 0.25) is 11.8 Å². The summed E-state index contributed by atoms with van der Waals surface area (Å²) in [5.41, 5.74) is 0. The van der Waals surface area contributed by atoms with Crippen molar-refractivity contribution in [2.45, 2.75) is 219 Å². The van der Waals surface area contributed by atoms with E-state index in [0.29, 0.717) is 19.3 Å². The highest BCUT2D eigenvalue weighted by molar-refractivity contribution is 5.79. The monoisotopic (exact) mass is 633 g/mol. The van der Waals surface area contributed by atoms with E-state index in [-0.39, 0.29) is 11.8 Å². The van der Waals surface area contributed by atoms with Crippen LogP contribution in [0.4, 0.5) is 0 Å². The molecule has 5 nitrogen and oxygen atoms in total. The summed E-state index contributed by atoms with van der Waals surface area (Å²) in [7, 11) is 0. The maximum atomic E-state index is 12.5. The third-order valence-corrected chi connectivity index (χ3v) is 8.58. The molecule has 0 aromatic carbocycles. The van der Waals surface area contributed by atoms with E-state index >= 15 is 0 Å². The summed E-state index contributed by atoms with van der Waals surface area (Å²) in [5, 5.41) is 15.7. The van der Waals surface area contributed by atoms with Crippen LogP contribution < -0.4 is 10.6 Å². The van der Waals surface area contributed by atoms with Gasteiger partial charge >= 0.3 is 0 Å². The number of hydrogen-bond donors (Lipinski definition) is 3. The van der Waals surface area contributed by atoms with Gasteiger partial charge in [0, 0.05) is 19.3 Å². The van der Waals surface area contributed by atoms with Gasteiger partial charge in [-0.05, 0) is 71.1 Å². The van der Waals surface area contributed by atoms with Crippen LogP contribution in [0.5, 0.6) is 0 Å². The van der Waals surface area contributed by atoms with Gasteiger partial charge in [0.05, 0.1) is 6.10 Å². The first-order chi connectivity index (χ1) is 22.0. The molecule has 0 aromatic rings. The van der Waals surface area contributed by atoms with Gasteiger partial charge in [-0.25, -0.2) is 0 Å². The Morgan fingerprint density at radius 1 is 0.489 bits per heavy atom. The Morgan fingerprint density at radius 2 is 0.778 bits per heavy atom. The third-order valence-electron chi connectivity index (χ3n) is 8.58. The van der Waals surface area contributed by atoms with Crippen molar-refractivity contribution in [3.8, 4) is 0 Å². The van der Waals surface area contributed by atoms with Crippen LogP contribution in [0.2, 0.25) is 0 Å². The Balaban J connectivity index is 3.81. The van der Waals surface area contributed by atoms with Gasteiger partial charge in [-0.2, -0.15) is 0 Å². The summed E-state index contributed by atoms with van der Waals surface area (Å²) in [4.78, 5) is 25.0. The number of rotatable bonds is 34. The van der Waals surface area contributed by atoms with Crippen LogP contribution in [0.1, 0.15) is 207 Å². The second-order valence-corrected chi connectivity index (χ2v) is 13.4. The summed E-state index contributed by atoms with van der Waals surface area (Å²) in [6, 6.07) is 0. The lowest BCUT2D eigenvalue weighted by molar-refractivity contribution is -0.124. The zero-order valence-electron chi connectivity index (χ0n) is 30.2. The number of unbranched alkanes of at least 4 members (excludes halogenated alkanes) is 22. The Labute approximate surface area is 280 Å². The summed E-state index contributed by atoms with van der Waals surface area (Å²) in [6.45, 7) is 6.22. The molecule has 0 saturated carbocycles. The predicted octanol–water partition coefficient (Wildman–Crippen LogP) is 11.4. The van der Waals surface area contributed by atoms with E-state index in [1.807, 2.05) is 0 Å². The molecular weight excluding hydrogens is 556 g/mol. The largest absolute Gasteiger partial charge is 0.393 e. The van der Waals surface area contributed by atoms with Gasteiger partial charge in [0.25, 0.3) is 0 Å². The van der Waals surface area contributed by atoms with Gasteiger partial charge < -0.3 is 15.7 Å². The highest BCUT2D eigenvalue weighted by Crippen LogP contribution is 2.12. The van der Waals surface area contributed by atoms with Crippen LogP contribution >= 0.6 is 0 Å². The van der Waals surface area contributed by atoms with Crippen LogP contribution in [-0.2, 0) is 9.59 Å². The molecule has 0 heterocycles. The molecule has 0 aliphatic carbocycles. The lowest BCUT2D eigenvalue weighted by Gasteiger charge is -2.21. The molecule has 0 aliphatic rings. The second-order valence-electron chi connectivity index (χ2n) is 13.4. The maximum Gasteiger partial charge on any atom is 0.221 e. The standard InChI is InChI=1S/C40H76N2O3/c1-4-6-8-10-12-14-16-18-20-22-24-26-28-30-32-34-39(44)41-38(36-37(3)43)42-40(45)35-33-31-29-27-25-23-21-19-17-15-13-11-9-7-5-2/h18-21,37-38,43H,4-17,22-36H2,1-3H3,(H,41,44)(H,42,45)/b20-18-,21-19-. The van der Waals surface area contributed by atoms with Crippen molar-refractivity contribution in [2.24, 2.45) is 0 Å². The molecule has 0 spiro atoms. The Bertz CT molecular complexity index is 650. The first-order valence-corrected chi connectivity index (χ1v) is 19.6. The van der Waals surface area contributed by atoms with Gasteiger partial charge in [-0.1, -0.05) is 141 Å². The van der Waals surface area contributed by atoms with Crippen molar-refractivity contribution < 1.29 is 14.7 Å². The van der Waals surface area contributed by atoms with Crippen molar-refractivity contribution in [3.63, 3.8) is 0 Å². The van der Waals surface area contributed by atoms with Crippen LogP contribution in [0, 0.1) is 0 Å². The molecule has 0 radical (unpaired) electrons. The van der Waals surface area contributed by atoms with Crippen LogP contribution in [0.3, 0.4) is 0 Å². The van der Waals surface area contributed by atoms with E-state index in [4.69, 9.17) is 0 Å². The van der Waals surface area contributed by atoms with Crippen molar-refractivity contribution in [1.82, 2.24) is 10.6 Å². The second kappa shape index (κ2) is 35.2. The van der Waals surface area contributed by atoms with Crippen LogP contribution in [0.25, 0.3) is 0 Å². The smallest absolute Gasteiger partial charge is 0.221 e. The van der Waals surface area contributed by atoms with Gasteiger partial charge in [-0.3, -0.25) is 9.59 Å². The quantitative estimate of drug-likeness (QED) is 0.0375. The molecular formula is C40H76N2O3. The first-order valence-electron chi connectivity index (χ1n) is 19.6. The Morgan fingerprint density at radius 3 is 1.09 bits per heavy atom. The molecule has 1 unspecified atom stereocenters. The third kappa shape index (κ3) is 35.1. The normalized spacial score (nSPS) is 12.5. The fourth-order valence-corrected chi connectivity index (χ4v) is 5.74. The average Bonchev–Trinajstić information content (AvgIpc) is 3.00. The van der Waals surface area contributed by atoms with Crippen molar-refractivity contribution in [1.29, 1.82) is 0 Å². The lowest BCUT2D eigenvalue weighted by atomic mass is 10.1. The molecule has 0 fully saturated rings. The molecule has 0 rings (SSSR count). The minimum Gasteiger partial charge on any atom is -0.393 e. The first kappa shape index (κ1) is 43.4. The number of aliphatic hydroxyl groups is 1. The summed E-state index contributed by atoms with van der Waals surface area (Å²) in [6.07, 6.45) is 41.6. The minimum absolute atomic E-state index is 0.0420. The fourth-order valence-electron chi connectivity index (χ4n) is 5.74. The molecule has 0 bridgehead atoms. The molecule has 0 saturated heterocycles. The van der Waals surface area contributed by atoms with E-state index in [1.165, 1.54) is 116 Å².